The number of fused-ring (bicyclic) bond motifs is 1. The van der Waals surface area contributed by atoms with Gasteiger partial charge in [-0.25, -0.2) is 18.6 Å². The molecule has 0 aliphatic carbocycles. The van der Waals surface area contributed by atoms with Gasteiger partial charge in [0, 0.05) is 11.8 Å². The maximum Gasteiger partial charge on any atom is 0.326 e. The van der Waals surface area contributed by atoms with Crippen LogP contribution in [0, 0.1) is 5.82 Å². The summed E-state index contributed by atoms with van der Waals surface area (Å²) in [5, 5.41) is 11.9. The van der Waals surface area contributed by atoms with Gasteiger partial charge in [0.25, 0.3) is 5.91 Å². The van der Waals surface area contributed by atoms with Crippen molar-refractivity contribution in [2.24, 2.45) is 0 Å². The fraction of sp³-hybridized carbons (Fsp3) is 0.294. The van der Waals surface area contributed by atoms with Crippen LogP contribution < -0.4 is 5.32 Å². The van der Waals surface area contributed by atoms with Crippen LogP contribution in [-0.4, -0.2) is 58.1 Å². The van der Waals surface area contributed by atoms with Crippen LogP contribution in [0.1, 0.15) is 16.9 Å². The van der Waals surface area contributed by atoms with Gasteiger partial charge in [0.15, 0.2) is 0 Å². The molecule has 9 heteroatoms. The molecule has 0 bridgehead atoms. The minimum atomic E-state index is -1.40. The molecule has 0 saturated carbocycles. The molecule has 1 aliphatic heterocycles. The fourth-order valence-electron chi connectivity index (χ4n) is 2.87. The average Bonchev–Trinajstić information content (AvgIpc) is 3.01. The molecule has 136 valence electrons. The number of hydrogen-bond acceptors (Lipinski definition) is 4. The molecule has 3 rings (SSSR count). The van der Waals surface area contributed by atoms with E-state index in [1.807, 2.05) is 0 Å². The third-order valence-corrected chi connectivity index (χ3v) is 4.14. The maximum absolute atomic E-state index is 13.4. The molecular weight excluding hydrogens is 348 g/mol. The summed E-state index contributed by atoms with van der Waals surface area (Å²) in [7, 11) is 0. The number of aromatic nitrogens is 1. The Balaban J connectivity index is 1.66. The van der Waals surface area contributed by atoms with Crippen molar-refractivity contribution in [1.29, 1.82) is 0 Å². The van der Waals surface area contributed by atoms with Crippen LogP contribution in [0.15, 0.2) is 30.3 Å². The lowest BCUT2D eigenvalue weighted by atomic mass is 10.2. The first-order valence-electron chi connectivity index (χ1n) is 7.86. The lowest BCUT2D eigenvalue weighted by Crippen LogP contribution is -2.45. The van der Waals surface area contributed by atoms with Crippen molar-refractivity contribution in [3.05, 3.63) is 41.8 Å². The number of pyridine rings is 1. The minimum absolute atomic E-state index is 0.0245. The van der Waals surface area contributed by atoms with Gasteiger partial charge in [0.2, 0.25) is 5.91 Å². The van der Waals surface area contributed by atoms with Crippen LogP contribution in [-0.2, 0) is 9.59 Å². The summed E-state index contributed by atoms with van der Waals surface area (Å²) in [5.41, 5.74) is 0.438. The molecule has 2 heterocycles. The molecule has 26 heavy (non-hydrogen) atoms. The molecule has 7 nitrogen and oxygen atoms in total. The van der Waals surface area contributed by atoms with E-state index >= 15 is 0 Å². The molecule has 1 aromatic carbocycles. The number of alkyl halides is 1. The van der Waals surface area contributed by atoms with Gasteiger partial charge in [-0.3, -0.25) is 9.59 Å². The van der Waals surface area contributed by atoms with Crippen molar-refractivity contribution >= 4 is 28.7 Å². The molecule has 2 N–H and O–H groups in total. The minimum Gasteiger partial charge on any atom is -0.480 e. The van der Waals surface area contributed by atoms with Gasteiger partial charge < -0.3 is 15.3 Å². The molecule has 1 saturated heterocycles. The number of amides is 2. The molecule has 0 spiro atoms. The van der Waals surface area contributed by atoms with E-state index in [1.54, 1.807) is 0 Å². The predicted octanol–water partition coefficient (Wildman–Crippen LogP) is 1.13. The van der Waals surface area contributed by atoms with Crippen LogP contribution in [0.5, 0.6) is 0 Å². The highest BCUT2D eigenvalue weighted by atomic mass is 19.1. The van der Waals surface area contributed by atoms with E-state index in [1.165, 1.54) is 30.3 Å². The van der Waals surface area contributed by atoms with E-state index in [-0.39, 0.29) is 18.7 Å². The zero-order valence-corrected chi connectivity index (χ0v) is 13.5. The monoisotopic (exact) mass is 363 g/mol. The highest BCUT2D eigenvalue weighted by molar-refractivity contribution is 5.97. The van der Waals surface area contributed by atoms with Crippen molar-refractivity contribution in [3.63, 3.8) is 0 Å². The number of nitrogens with zero attached hydrogens (tertiary/aromatic N) is 2. The lowest BCUT2D eigenvalue weighted by Gasteiger charge is -2.21. The summed E-state index contributed by atoms with van der Waals surface area (Å²) >= 11 is 0. The first-order chi connectivity index (χ1) is 12.3. The molecule has 2 amide bonds. The highest BCUT2D eigenvalue weighted by Gasteiger charge is 2.39. The van der Waals surface area contributed by atoms with E-state index in [9.17, 15) is 23.2 Å². The van der Waals surface area contributed by atoms with Gasteiger partial charge in [-0.15, -0.1) is 0 Å². The van der Waals surface area contributed by atoms with Gasteiger partial charge in [-0.1, -0.05) is 6.07 Å². The van der Waals surface area contributed by atoms with Crippen molar-refractivity contribution in [1.82, 2.24) is 15.2 Å². The summed E-state index contributed by atoms with van der Waals surface area (Å²) in [6.07, 6.45) is -1.67. The summed E-state index contributed by atoms with van der Waals surface area (Å²) in [5.74, 6) is -3.04. The number of halogens is 2. The third-order valence-electron chi connectivity index (χ3n) is 4.14. The van der Waals surface area contributed by atoms with Gasteiger partial charge in [-0.2, -0.15) is 0 Å². The molecule has 0 radical (unpaired) electrons. The van der Waals surface area contributed by atoms with E-state index in [4.69, 9.17) is 5.11 Å². The van der Waals surface area contributed by atoms with Crippen molar-refractivity contribution < 1.29 is 28.3 Å². The van der Waals surface area contributed by atoms with Crippen molar-refractivity contribution in [2.75, 3.05) is 13.1 Å². The predicted molar refractivity (Wildman–Crippen MR) is 86.7 cm³/mol. The van der Waals surface area contributed by atoms with Gasteiger partial charge >= 0.3 is 5.97 Å². The smallest absolute Gasteiger partial charge is 0.326 e. The third kappa shape index (κ3) is 3.61. The highest BCUT2D eigenvalue weighted by Crippen LogP contribution is 2.20. The van der Waals surface area contributed by atoms with Gasteiger partial charge in [-0.05, 0) is 24.3 Å². The van der Waals surface area contributed by atoms with E-state index in [0.717, 1.165) is 4.90 Å². The van der Waals surface area contributed by atoms with Crippen LogP contribution in [0.4, 0.5) is 8.78 Å². The SMILES string of the molecule is O=C(NCC(=O)N1C[C@H](F)CC1C(=O)O)c1ccc2cc(F)ccc2n1. The van der Waals surface area contributed by atoms with Crippen LogP contribution in [0.3, 0.4) is 0 Å². The molecule has 1 aliphatic rings. The zero-order valence-electron chi connectivity index (χ0n) is 13.5. The number of aliphatic carboxylic acids is 1. The summed E-state index contributed by atoms with van der Waals surface area (Å²) in [6.45, 7) is -0.788. The Hall–Kier alpha value is -3.10. The molecule has 1 unspecified atom stereocenters. The van der Waals surface area contributed by atoms with Gasteiger partial charge in [0.1, 0.15) is 23.7 Å². The number of likely N-dealkylation sites (tertiary alicyclic amines) is 1. The molecule has 2 aromatic rings. The van der Waals surface area contributed by atoms with E-state index < -0.39 is 42.4 Å². The Morgan fingerprint density at radius 1 is 1.27 bits per heavy atom. The summed E-state index contributed by atoms with van der Waals surface area (Å²) in [4.78, 5) is 40.3. The summed E-state index contributed by atoms with van der Waals surface area (Å²) < 4.78 is 26.6. The molecule has 1 aromatic heterocycles. The lowest BCUT2D eigenvalue weighted by molar-refractivity contribution is -0.147. The van der Waals surface area contributed by atoms with Crippen LogP contribution >= 0.6 is 0 Å². The fourth-order valence-corrected chi connectivity index (χ4v) is 2.87. The Bertz CT molecular complexity index is 889. The molecule has 2 atom stereocenters. The molecule has 1 fully saturated rings. The number of carbonyl (C=O) groups excluding carboxylic acids is 2. The normalized spacial score (nSPS) is 19.5. The first kappa shape index (κ1) is 17.7. The topological polar surface area (TPSA) is 99.6 Å². The summed E-state index contributed by atoms with van der Waals surface area (Å²) in [6, 6.07) is 5.60. The molecular formula is C17H15F2N3O4. The number of benzene rings is 1. The van der Waals surface area contributed by atoms with Crippen molar-refractivity contribution in [2.45, 2.75) is 18.6 Å². The number of hydrogen-bond donors (Lipinski definition) is 2. The number of nitrogens with one attached hydrogen (secondary N) is 1. The Kier molecular flexibility index (Phi) is 4.79. The van der Waals surface area contributed by atoms with Crippen LogP contribution in [0.25, 0.3) is 10.9 Å². The number of rotatable bonds is 4. The Morgan fingerprint density at radius 2 is 2.04 bits per heavy atom. The number of carboxylic acids is 1. The Labute approximate surface area is 146 Å². The first-order valence-corrected chi connectivity index (χ1v) is 7.86. The number of carboxylic acid groups (broad SMARTS) is 1. The van der Waals surface area contributed by atoms with E-state index in [2.05, 4.69) is 10.3 Å². The second-order valence-electron chi connectivity index (χ2n) is 5.95. The number of carbonyl (C=O) groups is 3. The van der Waals surface area contributed by atoms with Gasteiger partial charge in [0.05, 0.1) is 18.6 Å². The second kappa shape index (κ2) is 7.03. The largest absolute Gasteiger partial charge is 0.480 e. The van der Waals surface area contributed by atoms with Crippen LogP contribution in [0.2, 0.25) is 0 Å². The second-order valence-corrected chi connectivity index (χ2v) is 5.95. The zero-order chi connectivity index (χ0) is 18.8. The standard InChI is InChI=1S/C17H15F2N3O4/c18-10-2-4-12-9(5-10)1-3-13(21-12)16(24)20-7-15(23)22-8-11(19)6-14(22)17(25)26/h1-5,11,14H,6-8H2,(H,20,24)(H,25,26)/t11-,14?/m1/s1. The Morgan fingerprint density at radius 3 is 2.77 bits per heavy atom. The maximum atomic E-state index is 13.4. The van der Waals surface area contributed by atoms with E-state index in [0.29, 0.717) is 10.9 Å². The van der Waals surface area contributed by atoms with Crippen molar-refractivity contribution in [3.8, 4) is 0 Å². The quantitative estimate of drug-likeness (QED) is 0.848. The average molecular weight is 363 g/mol.